The first-order valence-electron chi connectivity index (χ1n) is 10.3. The first kappa shape index (κ1) is 18.3. The van der Waals surface area contributed by atoms with Crippen molar-refractivity contribution in [2.45, 2.75) is 46.5 Å². The largest absolute Gasteiger partial charge is 0.354 e. The molecule has 1 N–H and O–H groups in total. The number of hydrogen-bond acceptors (Lipinski definition) is 4. The summed E-state index contributed by atoms with van der Waals surface area (Å²) in [5, 5.41) is 1.07. The number of hydrogen-bond donors (Lipinski definition) is 1. The fourth-order valence-electron chi connectivity index (χ4n) is 4.46. The van der Waals surface area contributed by atoms with E-state index in [1.54, 1.807) is 6.33 Å². The first-order valence-corrected chi connectivity index (χ1v) is 10.3. The van der Waals surface area contributed by atoms with E-state index in [1.807, 2.05) is 12.3 Å². The molecule has 6 nitrogen and oxygen atoms in total. The number of H-pyrrole nitrogens is 1. The molecule has 2 fully saturated rings. The summed E-state index contributed by atoms with van der Waals surface area (Å²) in [7, 11) is 0. The maximum absolute atomic E-state index is 13.0. The molecule has 1 saturated heterocycles. The van der Waals surface area contributed by atoms with Crippen LogP contribution in [0.5, 0.6) is 0 Å². The lowest BCUT2D eigenvalue weighted by atomic mass is 9.89. The van der Waals surface area contributed by atoms with Gasteiger partial charge in [0, 0.05) is 44.2 Å². The number of fused-ring (bicyclic) bond motifs is 1. The fourth-order valence-corrected chi connectivity index (χ4v) is 4.46. The summed E-state index contributed by atoms with van der Waals surface area (Å²) in [5.41, 5.74) is 1.13. The molecule has 146 valence electrons. The second kappa shape index (κ2) is 7.13. The topological polar surface area (TPSA) is 65.1 Å². The smallest absolute Gasteiger partial charge is 0.222 e. The molecule has 1 aliphatic heterocycles. The van der Waals surface area contributed by atoms with Gasteiger partial charge in [-0.15, -0.1) is 0 Å². The van der Waals surface area contributed by atoms with Crippen molar-refractivity contribution < 1.29 is 4.79 Å². The van der Waals surface area contributed by atoms with Gasteiger partial charge in [-0.05, 0) is 30.7 Å². The van der Waals surface area contributed by atoms with Gasteiger partial charge in [0.2, 0.25) is 5.91 Å². The van der Waals surface area contributed by atoms with E-state index in [9.17, 15) is 4.79 Å². The van der Waals surface area contributed by atoms with E-state index in [0.717, 1.165) is 49.5 Å². The highest BCUT2D eigenvalue weighted by Crippen LogP contribution is 2.48. The zero-order valence-electron chi connectivity index (χ0n) is 16.7. The summed E-state index contributed by atoms with van der Waals surface area (Å²) in [6.45, 7) is 10.2. The number of amides is 1. The molecule has 0 bridgehead atoms. The Balaban J connectivity index is 1.52. The number of carbonyl (C=O) groups excluding carboxylic acids is 1. The molecule has 0 aromatic carbocycles. The van der Waals surface area contributed by atoms with Gasteiger partial charge in [-0.2, -0.15) is 0 Å². The number of aromatic amines is 1. The molecule has 27 heavy (non-hydrogen) atoms. The molecule has 1 aliphatic carbocycles. The predicted molar refractivity (Wildman–Crippen MR) is 108 cm³/mol. The van der Waals surface area contributed by atoms with Gasteiger partial charge in [0.1, 0.15) is 17.8 Å². The second-order valence-corrected chi connectivity index (χ2v) is 8.79. The molecule has 1 saturated carbocycles. The number of anilines is 1. The number of aromatic nitrogens is 3. The van der Waals surface area contributed by atoms with Crippen LogP contribution in [-0.2, 0) is 4.79 Å². The highest BCUT2D eigenvalue weighted by Gasteiger charge is 2.48. The normalized spacial score (nSPS) is 20.3. The zero-order chi connectivity index (χ0) is 19.0. The van der Waals surface area contributed by atoms with Crippen molar-refractivity contribution in [3.05, 3.63) is 18.6 Å². The Labute approximate surface area is 161 Å². The minimum Gasteiger partial charge on any atom is -0.354 e. The maximum atomic E-state index is 13.0. The van der Waals surface area contributed by atoms with Crippen molar-refractivity contribution in [2.24, 2.45) is 17.3 Å². The first-order chi connectivity index (χ1) is 13.0. The molecule has 2 aliphatic rings. The molecule has 4 rings (SSSR count). The third kappa shape index (κ3) is 3.66. The highest BCUT2D eigenvalue weighted by atomic mass is 16.2. The summed E-state index contributed by atoms with van der Waals surface area (Å²) >= 11 is 0. The van der Waals surface area contributed by atoms with Crippen molar-refractivity contribution in [2.75, 3.05) is 31.1 Å². The van der Waals surface area contributed by atoms with Gasteiger partial charge < -0.3 is 14.8 Å². The van der Waals surface area contributed by atoms with Crippen LogP contribution in [0.25, 0.3) is 11.0 Å². The lowest BCUT2D eigenvalue weighted by Crippen LogP contribution is -2.38. The van der Waals surface area contributed by atoms with Gasteiger partial charge in [0.05, 0.1) is 5.39 Å². The van der Waals surface area contributed by atoms with Crippen LogP contribution in [0, 0.1) is 17.3 Å². The molecule has 1 amide bonds. The van der Waals surface area contributed by atoms with Crippen LogP contribution in [0.3, 0.4) is 0 Å². The molecule has 1 unspecified atom stereocenters. The van der Waals surface area contributed by atoms with Gasteiger partial charge >= 0.3 is 0 Å². The van der Waals surface area contributed by atoms with Crippen LogP contribution >= 0.6 is 0 Å². The van der Waals surface area contributed by atoms with E-state index in [-0.39, 0.29) is 5.41 Å². The number of carbonyl (C=O) groups is 1. The van der Waals surface area contributed by atoms with Crippen LogP contribution in [0.4, 0.5) is 5.82 Å². The Hall–Kier alpha value is -2.11. The van der Waals surface area contributed by atoms with Crippen molar-refractivity contribution in [1.29, 1.82) is 0 Å². The van der Waals surface area contributed by atoms with E-state index in [0.29, 0.717) is 24.2 Å². The molecule has 2 aromatic heterocycles. The Morgan fingerprint density at radius 2 is 2.07 bits per heavy atom. The van der Waals surface area contributed by atoms with Crippen LogP contribution in [0.2, 0.25) is 0 Å². The Morgan fingerprint density at radius 1 is 1.26 bits per heavy atom. The number of nitrogens with zero attached hydrogens (tertiary/aromatic N) is 4. The third-order valence-electron chi connectivity index (χ3n) is 6.54. The molecule has 2 aromatic rings. The number of rotatable bonds is 5. The Bertz CT molecular complexity index is 810. The van der Waals surface area contributed by atoms with E-state index >= 15 is 0 Å². The Kier molecular flexibility index (Phi) is 4.82. The molecule has 1 atom stereocenters. The number of nitrogens with one attached hydrogen (secondary N) is 1. The molecule has 6 heteroatoms. The summed E-state index contributed by atoms with van der Waals surface area (Å²) < 4.78 is 0. The molecular formula is C21H31N5O. The van der Waals surface area contributed by atoms with Crippen molar-refractivity contribution >= 4 is 22.8 Å². The van der Waals surface area contributed by atoms with E-state index in [1.165, 1.54) is 12.8 Å². The summed E-state index contributed by atoms with van der Waals surface area (Å²) in [6, 6.07) is 2.05. The van der Waals surface area contributed by atoms with Gasteiger partial charge in [-0.25, -0.2) is 9.97 Å². The monoisotopic (exact) mass is 369 g/mol. The van der Waals surface area contributed by atoms with Gasteiger partial charge in [-0.1, -0.05) is 27.2 Å². The summed E-state index contributed by atoms with van der Waals surface area (Å²) in [6.07, 6.45) is 7.71. The van der Waals surface area contributed by atoms with Crippen LogP contribution < -0.4 is 4.90 Å². The standard InChI is InChI=1S/C21H31N5O/c1-4-16(15(2)3)11-18(27)25-9-10-26(13-21(12-25)6-7-21)20-17-5-8-22-19(17)23-14-24-20/h5,8,14-16H,4,6-7,9-13H2,1-3H3,(H,22,23,24). The molecule has 1 spiro atoms. The molecular weight excluding hydrogens is 338 g/mol. The van der Waals surface area contributed by atoms with Crippen LogP contribution in [0.15, 0.2) is 18.6 Å². The van der Waals surface area contributed by atoms with Crippen molar-refractivity contribution in [3.63, 3.8) is 0 Å². The van der Waals surface area contributed by atoms with Crippen LogP contribution in [0.1, 0.15) is 46.5 Å². The van der Waals surface area contributed by atoms with Gasteiger partial charge in [0.25, 0.3) is 0 Å². The fraction of sp³-hybridized carbons (Fsp3) is 0.667. The summed E-state index contributed by atoms with van der Waals surface area (Å²) in [4.78, 5) is 29.6. The zero-order valence-corrected chi connectivity index (χ0v) is 16.7. The quantitative estimate of drug-likeness (QED) is 0.877. The lowest BCUT2D eigenvalue weighted by Gasteiger charge is -2.27. The summed E-state index contributed by atoms with van der Waals surface area (Å²) in [5.74, 6) is 2.36. The Morgan fingerprint density at radius 3 is 2.78 bits per heavy atom. The third-order valence-corrected chi connectivity index (χ3v) is 6.54. The average molecular weight is 370 g/mol. The van der Waals surface area contributed by atoms with Gasteiger partial charge in [0.15, 0.2) is 0 Å². The SMILES string of the molecule is CCC(CC(=O)N1CCN(c2ncnc3[nH]ccc23)CC2(CC2)C1)C(C)C. The van der Waals surface area contributed by atoms with E-state index in [4.69, 9.17) is 0 Å². The molecule has 0 radical (unpaired) electrons. The molecule has 3 heterocycles. The average Bonchev–Trinajstić information content (AvgIpc) is 3.30. The lowest BCUT2D eigenvalue weighted by molar-refractivity contribution is -0.133. The van der Waals surface area contributed by atoms with E-state index < -0.39 is 0 Å². The van der Waals surface area contributed by atoms with Crippen LogP contribution in [-0.4, -0.2) is 51.9 Å². The maximum Gasteiger partial charge on any atom is 0.222 e. The highest BCUT2D eigenvalue weighted by molar-refractivity contribution is 5.87. The van der Waals surface area contributed by atoms with E-state index in [2.05, 4.69) is 45.5 Å². The predicted octanol–water partition coefficient (Wildman–Crippen LogP) is 3.46. The second-order valence-electron chi connectivity index (χ2n) is 8.79. The minimum absolute atomic E-state index is 0.249. The van der Waals surface area contributed by atoms with Crippen molar-refractivity contribution in [3.8, 4) is 0 Å². The van der Waals surface area contributed by atoms with Crippen molar-refractivity contribution in [1.82, 2.24) is 19.9 Å². The minimum atomic E-state index is 0.249. The van der Waals surface area contributed by atoms with Gasteiger partial charge in [-0.3, -0.25) is 4.79 Å².